The zero-order chi connectivity index (χ0) is 15.2. The zero-order valence-electron chi connectivity index (χ0n) is 12.6. The van der Waals surface area contributed by atoms with Crippen molar-refractivity contribution in [2.24, 2.45) is 0 Å². The van der Waals surface area contributed by atoms with E-state index in [0.717, 1.165) is 37.5 Å². The van der Waals surface area contributed by atoms with Crippen molar-refractivity contribution in [2.75, 3.05) is 19.7 Å². The van der Waals surface area contributed by atoms with Gasteiger partial charge >= 0.3 is 0 Å². The smallest absolute Gasteiger partial charge is 0.225 e. The number of para-hydroxylation sites is 1. The number of ether oxygens (including phenoxy) is 1. The summed E-state index contributed by atoms with van der Waals surface area (Å²) >= 11 is 0. The second-order valence-corrected chi connectivity index (χ2v) is 5.54. The fraction of sp³-hybridized carbons (Fsp3) is 0.412. The van der Waals surface area contributed by atoms with Crippen LogP contribution in [0.2, 0.25) is 0 Å². The standard InChI is InChI=1S/C17H21N3O2/c21-16(8-13-22-15-4-2-1-3-5-15)20-11-6-14(7-12-20)17-18-9-10-19-17/h1-5,9-10,14H,6-8,11-13H2,(H,18,19). The summed E-state index contributed by atoms with van der Waals surface area (Å²) < 4.78 is 5.58. The number of imidazole rings is 1. The molecular formula is C17H21N3O2. The van der Waals surface area contributed by atoms with E-state index in [1.807, 2.05) is 41.4 Å². The van der Waals surface area contributed by atoms with E-state index in [9.17, 15) is 4.79 Å². The molecular weight excluding hydrogens is 278 g/mol. The summed E-state index contributed by atoms with van der Waals surface area (Å²) in [6.07, 6.45) is 6.01. The minimum Gasteiger partial charge on any atom is -0.493 e. The van der Waals surface area contributed by atoms with Crippen LogP contribution in [0.25, 0.3) is 0 Å². The molecule has 1 amide bonds. The number of carbonyl (C=O) groups is 1. The van der Waals surface area contributed by atoms with Gasteiger partial charge in [0, 0.05) is 31.4 Å². The SMILES string of the molecule is O=C(CCOc1ccccc1)N1CCC(c2ncc[nH]2)CC1. The lowest BCUT2D eigenvalue weighted by Crippen LogP contribution is -2.38. The largest absolute Gasteiger partial charge is 0.493 e. The van der Waals surface area contributed by atoms with E-state index < -0.39 is 0 Å². The summed E-state index contributed by atoms with van der Waals surface area (Å²) in [5.74, 6) is 2.47. The van der Waals surface area contributed by atoms with Crippen molar-refractivity contribution in [3.63, 3.8) is 0 Å². The first-order valence-corrected chi connectivity index (χ1v) is 7.78. The minimum absolute atomic E-state index is 0.175. The van der Waals surface area contributed by atoms with Crippen molar-refractivity contribution in [3.8, 4) is 5.75 Å². The Bertz CT molecular complexity index is 575. The van der Waals surface area contributed by atoms with Crippen molar-refractivity contribution in [1.82, 2.24) is 14.9 Å². The monoisotopic (exact) mass is 299 g/mol. The van der Waals surface area contributed by atoms with Crippen LogP contribution in [0.1, 0.15) is 31.0 Å². The van der Waals surface area contributed by atoms with Crippen LogP contribution in [-0.2, 0) is 4.79 Å². The third-order valence-corrected chi connectivity index (χ3v) is 4.08. The van der Waals surface area contributed by atoms with Gasteiger partial charge in [0.1, 0.15) is 11.6 Å². The highest BCUT2D eigenvalue weighted by molar-refractivity contribution is 5.76. The lowest BCUT2D eigenvalue weighted by Gasteiger charge is -2.31. The summed E-state index contributed by atoms with van der Waals surface area (Å²) in [5.41, 5.74) is 0. The van der Waals surface area contributed by atoms with Crippen LogP contribution in [0.5, 0.6) is 5.75 Å². The third-order valence-electron chi connectivity index (χ3n) is 4.08. The molecule has 1 aliphatic rings. The average molecular weight is 299 g/mol. The summed E-state index contributed by atoms with van der Waals surface area (Å²) in [6.45, 7) is 2.03. The maximum Gasteiger partial charge on any atom is 0.225 e. The van der Waals surface area contributed by atoms with Crippen molar-refractivity contribution in [1.29, 1.82) is 0 Å². The predicted molar refractivity (Wildman–Crippen MR) is 83.7 cm³/mol. The number of hydrogen-bond donors (Lipinski definition) is 1. The number of H-pyrrole nitrogens is 1. The highest BCUT2D eigenvalue weighted by Gasteiger charge is 2.24. The number of aromatic amines is 1. The molecule has 0 atom stereocenters. The Hall–Kier alpha value is -2.30. The van der Waals surface area contributed by atoms with Gasteiger partial charge in [0.25, 0.3) is 0 Å². The molecule has 1 saturated heterocycles. The number of aromatic nitrogens is 2. The second kappa shape index (κ2) is 7.11. The van der Waals surface area contributed by atoms with Crippen LogP contribution in [0.15, 0.2) is 42.7 Å². The number of amides is 1. The fourth-order valence-corrected chi connectivity index (χ4v) is 2.83. The van der Waals surface area contributed by atoms with Crippen molar-refractivity contribution in [3.05, 3.63) is 48.5 Å². The molecule has 5 heteroatoms. The Labute approximate surface area is 130 Å². The molecule has 1 aliphatic heterocycles. The number of likely N-dealkylation sites (tertiary alicyclic amines) is 1. The second-order valence-electron chi connectivity index (χ2n) is 5.54. The lowest BCUT2D eigenvalue weighted by molar-refractivity contribution is -0.132. The lowest BCUT2D eigenvalue weighted by atomic mass is 9.96. The van der Waals surface area contributed by atoms with E-state index in [1.54, 1.807) is 6.20 Å². The van der Waals surface area contributed by atoms with Gasteiger partial charge in [0.2, 0.25) is 5.91 Å². The van der Waals surface area contributed by atoms with Crippen LogP contribution in [0.3, 0.4) is 0 Å². The molecule has 1 fully saturated rings. The quantitative estimate of drug-likeness (QED) is 0.923. The zero-order valence-corrected chi connectivity index (χ0v) is 12.6. The molecule has 0 saturated carbocycles. The Morgan fingerprint density at radius 3 is 2.73 bits per heavy atom. The first-order valence-electron chi connectivity index (χ1n) is 7.78. The number of benzene rings is 1. The molecule has 5 nitrogen and oxygen atoms in total. The van der Waals surface area contributed by atoms with E-state index >= 15 is 0 Å². The van der Waals surface area contributed by atoms with E-state index in [-0.39, 0.29) is 5.91 Å². The van der Waals surface area contributed by atoms with Gasteiger partial charge in [-0.05, 0) is 25.0 Å². The Kier molecular flexibility index (Phi) is 4.73. The van der Waals surface area contributed by atoms with Crippen molar-refractivity contribution in [2.45, 2.75) is 25.2 Å². The molecule has 0 unspecified atom stereocenters. The van der Waals surface area contributed by atoms with E-state index in [4.69, 9.17) is 4.74 Å². The first-order chi connectivity index (χ1) is 10.8. The Morgan fingerprint density at radius 1 is 1.27 bits per heavy atom. The molecule has 3 rings (SSSR count). The summed E-state index contributed by atoms with van der Waals surface area (Å²) in [7, 11) is 0. The van der Waals surface area contributed by atoms with Gasteiger partial charge in [-0.25, -0.2) is 4.98 Å². The Morgan fingerprint density at radius 2 is 2.05 bits per heavy atom. The van der Waals surface area contributed by atoms with Gasteiger partial charge in [-0.1, -0.05) is 18.2 Å². The van der Waals surface area contributed by atoms with Crippen LogP contribution >= 0.6 is 0 Å². The average Bonchev–Trinajstić information content (AvgIpc) is 3.10. The van der Waals surface area contributed by atoms with E-state index in [1.165, 1.54) is 0 Å². The molecule has 1 N–H and O–H groups in total. The molecule has 0 radical (unpaired) electrons. The number of nitrogens with zero attached hydrogens (tertiary/aromatic N) is 2. The molecule has 0 bridgehead atoms. The molecule has 2 aromatic rings. The highest BCUT2D eigenvalue weighted by atomic mass is 16.5. The summed E-state index contributed by atoms with van der Waals surface area (Å²) in [6, 6.07) is 9.60. The van der Waals surface area contributed by atoms with Crippen molar-refractivity contribution < 1.29 is 9.53 Å². The van der Waals surface area contributed by atoms with Crippen LogP contribution in [-0.4, -0.2) is 40.5 Å². The Balaban J connectivity index is 1.40. The third kappa shape index (κ3) is 3.67. The number of piperidine rings is 1. The number of nitrogens with one attached hydrogen (secondary N) is 1. The van der Waals surface area contributed by atoms with Gasteiger partial charge in [0.05, 0.1) is 13.0 Å². The molecule has 0 aliphatic carbocycles. The summed E-state index contributed by atoms with van der Waals surface area (Å²) in [5, 5.41) is 0. The molecule has 22 heavy (non-hydrogen) atoms. The maximum atomic E-state index is 12.2. The molecule has 116 valence electrons. The van der Waals surface area contributed by atoms with E-state index in [2.05, 4.69) is 9.97 Å². The van der Waals surface area contributed by atoms with E-state index in [0.29, 0.717) is 18.9 Å². The van der Waals surface area contributed by atoms with Crippen molar-refractivity contribution >= 4 is 5.91 Å². The van der Waals surface area contributed by atoms with Gasteiger partial charge in [0.15, 0.2) is 0 Å². The summed E-state index contributed by atoms with van der Waals surface area (Å²) in [4.78, 5) is 21.6. The molecule has 2 heterocycles. The first kappa shape index (κ1) is 14.6. The fourth-order valence-electron chi connectivity index (χ4n) is 2.83. The van der Waals surface area contributed by atoms with Crippen LogP contribution < -0.4 is 4.74 Å². The van der Waals surface area contributed by atoms with Gasteiger partial charge in [-0.2, -0.15) is 0 Å². The predicted octanol–water partition coefficient (Wildman–Crippen LogP) is 2.58. The van der Waals surface area contributed by atoms with Gasteiger partial charge in [-0.15, -0.1) is 0 Å². The minimum atomic E-state index is 0.175. The number of carbonyl (C=O) groups excluding carboxylic acids is 1. The molecule has 1 aromatic carbocycles. The van der Waals surface area contributed by atoms with Gasteiger partial charge < -0.3 is 14.6 Å². The highest BCUT2D eigenvalue weighted by Crippen LogP contribution is 2.25. The normalized spacial score (nSPS) is 15.7. The van der Waals surface area contributed by atoms with Gasteiger partial charge in [-0.3, -0.25) is 4.79 Å². The maximum absolute atomic E-state index is 12.2. The molecule has 0 spiro atoms. The van der Waals surface area contributed by atoms with Crippen LogP contribution in [0, 0.1) is 0 Å². The number of rotatable bonds is 5. The van der Waals surface area contributed by atoms with Crippen LogP contribution in [0.4, 0.5) is 0 Å². The topological polar surface area (TPSA) is 58.2 Å². The molecule has 1 aromatic heterocycles. The number of hydrogen-bond acceptors (Lipinski definition) is 3.